The molecule has 0 unspecified atom stereocenters. The molecule has 2 nitrogen and oxygen atoms in total. The predicted molar refractivity (Wildman–Crippen MR) is 230 cm³/mol. The van der Waals surface area contributed by atoms with Gasteiger partial charge in [-0.15, -0.1) is 0 Å². The minimum atomic E-state index is -0.405. The molecule has 2 heteroatoms. The van der Waals surface area contributed by atoms with Gasteiger partial charge in [0.2, 0.25) is 0 Å². The number of aromatic nitrogens is 1. The maximum atomic E-state index is 2.49. The van der Waals surface area contributed by atoms with Gasteiger partial charge in [-0.3, -0.25) is 0 Å². The number of anilines is 3. The minimum Gasteiger partial charge on any atom is -0.310 e. The molecule has 2 aliphatic carbocycles. The molecule has 262 valence electrons. The van der Waals surface area contributed by atoms with Gasteiger partial charge in [-0.1, -0.05) is 135 Å². The fraction of sp³-hybridized carbons (Fsp3) is 0.0943. The van der Waals surface area contributed by atoms with E-state index in [2.05, 4.69) is 211 Å². The number of para-hydroxylation sites is 2. The number of fused-ring (bicyclic) bond motifs is 13. The molecular formula is C53H40N2. The van der Waals surface area contributed by atoms with E-state index in [1.54, 1.807) is 0 Å². The lowest BCUT2D eigenvalue weighted by atomic mass is 9.70. The Morgan fingerprint density at radius 1 is 0.436 bits per heavy atom. The quantitative estimate of drug-likeness (QED) is 0.167. The van der Waals surface area contributed by atoms with Crippen LogP contribution in [-0.4, -0.2) is 4.57 Å². The average Bonchev–Trinajstić information content (AvgIpc) is 3.83. The van der Waals surface area contributed by atoms with Crippen LogP contribution in [0.4, 0.5) is 17.1 Å². The van der Waals surface area contributed by atoms with Gasteiger partial charge in [-0.2, -0.15) is 0 Å². The molecule has 0 atom stereocenters. The molecular weight excluding hydrogens is 665 g/mol. The van der Waals surface area contributed by atoms with Crippen molar-refractivity contribution in [1.29, 1.82) is 0 Å². The smallest absolute Gasteiger partial charge is 0.0726 e. The number of hydrogen-bond donors (Lipinski definition) is 0. The van der Waals surface area contributed by atoms with Crippen molar-refractivity contribution < 1.29 is 0 Å². The average molecular weight is 705 g/mol. The number of hydrogen-bond acceptors (Lipinski definition) is 1. The number of benzene rings is 8. The second kappa shape index (κ2) is 12.2. The van der Waals surface area contributed by atoms with E-state index in [-0.39, 0.29) is 0 Å². The first kappa shape index (κ1) is 31.8. The Hall–Kier alpha value is -6.64. The summed E-state index contributed by atoms with van der Waals surface area (Å²) in [5, 5.41) is 2.54. The molecule has 0 aliphatic heterocycles. The van der Waals surface area contributed by atoms with Crippen LogP contribution in [0.15, 0.2) is 188 Å². The van der Waals surface area contributed by atoms with E-state index in [1.807, 2.05) is 0 Å². The first-order chi connectivity index (χ1) is 27.1. The van der Waals surface area contributed by atoms with Crippen molar-refractivity contribution in [2.24, 2.45) is 5.92 Å². The molecule has 1 aromatic heterocycles. The summed E-state index contributed by atoms with van der Waals surface area (Å²) in [4.78, 5) is 2.45. The fourth-order valence-corrected chi connectivity index (χ4v) is 9.90. The second-order valence-corrected chi connectivity index (χ2v) is 15.6. The third-order valence-electron chi connectivity index (χ3n) is 12.0. The molecule has 0 saturated heterocycles. The van der Waals surface area contributed by atoms with Crippen LogP contribution in [0.1, 0.15) is 41.7 Å². The maximum Gasteiger partial charge on any atom is 0.0726 e. The summed E-state index contributed by atoms with van der Waals surface area (Å²) in [6.07, 6.45) is 1.05. The summed E-state index contributed by atoms with van der Waals surface area (Å²) >= 11 is 0. The van der Waals surface area contributed by atoms with Crippen molar-refractivity contribution >= 4 is 38.9 Å². The monoisotopic (exact) mass is 704 g/mol. The maximum absolute atomic E-state index is 2.49. The van der Waals surface area contributed by atoms with Crippen molar-refractivity contribution in [2.45, 2.75) is 25.7 Å². The first-order valence-electron chi connectivity index (χ1n) is 19.5. The van der Waals surface area contributed by atoms with Gasteiger partial charge in [0.1, 0.15) is 0 Å². The highest BCUT2D eigenvalue weighted by Gasteiger charge is 2.51. The van der Waals surface area contributed by atoms with Gasteiger partial charge >= 0.3 is 0 Å². The van der Waals surface area contributed by atoms with Crippen LogP contribution >= 0.6 is 0 Å². The van der Waals surface area contributed by atoms with Crippen molar-refractivity contribution in [3.63, 3.8) is 0 Å². The SMILES string of the molecule is CC(C)Cc1ccc2c(c1)c1cc(N(c3ccccc3)c3ccc4c(c3)C3(c5ccccc5-c5ccccc53)c3ccccc3-4)ccc1n2-c1ccccc1. The van der Waals surface area contributed by atoms with Gasteiger partial charge in [-0.05, 0) is 129 Å². The third-order valence-corrected chi connectivity index (χ3v) is 12.0. The molecule has 0 bridgehead atoms. The lowest BCUT2D eigenvalue weighted by molar-refractivity contribution is 0.648. The largest absolute Gasteiger partial charge is 0.310 e. The standard InChI is InChI=1S/C53H40N2/c1-35(2)31-36-25-29-51-45(32-36)46-33-39(27-30-52(46)55(51)38-17-7-4-8-18-38)54(37-15-5-3-6-16-37)40-26-28-44-43-21-11-14-24-49(43)53(50(44)34-40)47-22-12-9-19-41(47)42-20-10-13-23-48(42)53/h3-30,32-35H,31H2,1-2H3. The second-order valence-electron chi connectivity index (χ2n) is 15.6. The van der Waals surface area contributed by atoms with E-state index in [4.69, 9.17) is 0 Å². The van der Waals surface area contributed by atoms with Crippen LogP contribution < -0.4 is 4.90 Å². The lowest BCUT2D eigenvalue weighted by Crippen LogP contribution is -2.26. The van der Waals surface area contributed by atoms with Gasteiger partial charge in [0.15, 0.2) is 0 Å². The Labute approximate surface area is 322 Å². The van der Waals surface area contributed by atoms with E-state index in [1.165, 1.54) is 77.6 Å². The van der Waals surface area contributed by atoms with Crippen LogP contribution in [0, 0.1) is 5.92 Å². The Bertz CT molecular complexity index is 2870. The number of nitrogens with zero attached hydrogens (tertiary/aromatic N) is 2. The van der Waals surface area contributed by atoms with Crippen LogP contribution in [0.2, 0.25) is 0 Å². The van der Waals surface area contributed by atoms with Crippen molar-refractivity contribution in [3.05, 3.63) is 216 Å². The Morgan fingerprint density at radius 2 is 0.927 bits per heavy atom. The predicted octanol–water partition coefficient (Wildman–Crippen LogP) is 13.8. The van der Waals surface area contributed by atoms with E-state index in [0.29, 0.717) is 5.92 Å². The van der Waals surface area contributed by atoms with Crippen molar-refractivity contribution in [3.8, 4) is 27.9 Å². The van der Waals surface area contributed by atoms with Gasteiger partial charge in [-0.25, -0.2) is 0 Å². The topological polar surface area (TPSA) is 8.17 Å². The molecule has 11 rings (SSSR count). The molecule has 0 saturated carbocycles. The zero-order valence-corrected chi connectivity index (χ0v) is 31.1. The van der Waals surface area contributed by atoms with Gasteiger partial charge < -0.3 is 9.47 Å². The van der Waals surface area contributed by atoms with Gasteiger partial charge in [0, 0.05) is 33.5 Å². The molecule has 2 aliphatic rings. The highest BCUT2D eigenvalue weighted by atomic mass is 15.1. The molecule has 8 aromatic carbocycles. The molecule has 1 spiro atoms. The van der Waals surface area contributed by atoms with Crippen LogP contribution in [0.3, 0.4) is 0 Å². The zero-order chi connectivity index (χ0) is 36.7. The molecule has 0 amide bonds. The van der Waals surface area contributed by atoms with E-state index < -0.39 is 5.41 Å². The molecule has 1 heterocycles. The van der Waals surface area contributed by atoms with Gasteiger partial charge in [0.05, 0.1) is 16.4 Å². The van der Waals surface area contributed by atoms with Crippen LogP contribution in [-0.2, 0) is 11.8 Å². The number of rotatable bonds is 6. The van der Waals surface area contributed by atoms with E-state index in [0.717, 1.165) is 23.5 Å². The Kier molecular flexibility index (Phi) is 7.06. The zero-order valence-electron chi connectivity index (χ0n) is 31.1. The first-order valence-corrected chi connectivity index (χ1v) is 19.5. The van der Waals surface area contributed by atoms with E-state index >= 15 is 0 Å². The normalized spacial score (nSPS) is 13.3. The molecule has 0 radical (unpaired) electrons. The highest BCUT2D eigenvalue weighted by molar-refractivity contribution is 6.11. The molecule has 55 heavy (non-hydrogen) atoms. The Balaban J connectivity index is 1.17. The summed E-state index contributed by atoms with van der Waals surface area (Å²) in [7, 11) is 0. The van der Waals surface area contributed by atoms with Crippen molar-refractivity contribution in [2.75, 3.05) is 4.90 Å². The van der Waals surface area contributed by atoms with E-state index in [9.17, 15) is 0 Å². The van der Waals surface area contributed by atoms with Crippen molar-refractivity contribution in [1.82, 2.24) is 4.57 Å². The fourth-order valence-electron chi connectivity index (χ4n) is 9.90. The molecule has 0 fully saturated rings. The highest BCUT2D eigenvalue weighted by Crippen LogP contribution is 2.63. The van der Waals surface area contributed by atoms with Crippen LogP contribution in [0.5, 0.6) is 0 Å². The third kappa shape index (κ3) is 4.61. The summed E-state index contributed by atoms with van der Waals surface area (Å²) in [5.41, 5.74) is 18.7. The lowest BCUT2D eigenvalue weighted by Gasteiger charge is -2.32. The minimum absolute atomic E-state index is 0.405. The van der Waals surface area contributed by atoms with Crippen LogP contribution in [0.25, 0.3) is 49.7 Å². The summed E-state index contributed by atoms with van der Waals surface area (Å²) in [6, 6.07) is 70.1. The summed E-state index contributed by atoms with van der Waals surface area (Å²) < 4.78 is 2.42. The Morgan fingerprint density at radius 3 is 1.55 bits per heavy atom. The van der Waals surface area contributed by atoms with Gasteiger partial charge in [0.25, 0.3) is 0 Å². The molecule has 9 aromatic rings. The molecule has 0 N–H and O–H groups in total. The summed E-state index contributed by atoms with van der Waals surface area (Å²) in [6.45, 7) is 4.60. The summed E-state index contributed by atoms with van der Waals surface area (Å²) in [5.74, 6) is 0.581.